The predicted molar refractivity (Wildman–Crippen MR) is 133 cm³/mol. The third kappa shape index (κ3) is 5.33. The Hall–Kier alpha value is -2.25. The number of anilines is 2. The number of hydrogen-bond acceptors (Lipinski definition) is 6. The molecule has 2 N–H and O–H groups in total. The molecule has 1 amide bonds. The normalized spacial score (nSPS) is 14.9. The minimum Gasteiger partial charge on any atom is -0.365 e. The summed E-state index contributed by atoms with van der Waals surface area (Å²) in [5, 5.41) is 4.03. The van der Waals surface area contributed by atoms with Gasteiger partial charge in [-0.15, -0.1) is 0 Å². The van der Waals surface area contributed by atoms with Crippen molar-refractivity contribution in [3.63, 3.8) is 0 Å². The second kappa shape index (κ2) is 9.92. The standard InChI is InChI=1S/C24H30N4OS2/c1-16(2)15-17-11-13-28(14-12-17)23(29)18-7-9-19(10-8-18)27-31-21-6-4-5-20-22(21)26-24(25-3)30-20/h4-10,16-17,27H,11-15H2,1-3H3,(H,25,26). The second-order valence-corrected chi connectivity index (χ2v) is 10.4. The number of hydrogen-bond donors (Lipinski definition) is 2. The van der Waals surface area contributed by atoms with Gasteiger partial charge in [-0.25, -0.2) is 4.98 Å². The molecule has 4 rings (SSSR count). The lowest BCUT2D eigenvalue weighted by Crippen LogP contribution is -2.38. The number of carbonyl (C=O) groups excluding carboxylic acids is 1. The van der Waals surface area contributed by atoms with Gasteiger partial charge in [-0.1, -0.05) is 31.3 Å². The van der Waals surface area contributed by atoms with Gasteiger partial charge in [0.05, 0.1) is 15.1 Å². The highest BCUT2D eigenvalue weighted by molar-refractivity contribution is 8.00. The molecule has 3 aromatic rings. The highest BCUT2D eigenvalue weighted by Gasteiger charge is 2.24. The fourth-order valence-corrected chi connectivity index (χ4v) is 5.80. The first-order valence-corrected chi connectivity index (χ1v) is 12.6. The number of carbonyl (C=O) groups is 1. The zero-order valence-corrected chi connectivity index (χ0v) is 20.0. The van der Waals surface area contributed by atoms with Crippen molar-refractivity contribution in [3.05, 3.63) is 48.0 Å². The topological polar surface area (TPSA) is 57.3 Å². The Bertz CT molecular complexity index is 1020. The molecule has 0 unspecified atom stereocenters. The van der Waals surface area contributed by atoms with Crippen LogP contribution in [0.15, 0.2) is 47.4 Å². The van der Waals surface area contributed by atoms with E-state index in [4.69, 9.17) is 0 Å². The lowest BCUT2D eigenvalue weighted by atomic mass is 9.88. The number of rotatable bonds is 7. The van der Waals surface area contributed by atoms with Crippen LogP contribution in [0.5, 0.6) is 0 Å². The number of benzene rings is 2. The minimum absolute atomic E-state index is 0.147. The number of para-hydroxylation sites is 1. The number of aromatic nitrogens is 1. The van der Waals surface area contributed by atoms with Crippen LogP contribution in [0.4, 0.5) is 10.8 Å². The van der Waals surface area contributed by atoms with E-state index in [1.165, 1.54) is 6.42 Å². The average molecular weight is 455 g/mol. The molecule has 0 atom stereocenters. The van der Waals surface area contributed by atoms with Crippen LogP contribution in [0.25, 0.3) is 10.2 Å². The maximum absolute atomic E-state index is 12.9. The van der Waals surface area contributed by atoms with Crippen molar-refractivity contribution < 1.29 is 4.79 Å². The van der Waals surface area contributed by atoms with Crippen LogP contribution in [0.1, 0.15) is 43.5 Å². The van der Waals surface area contributed by atoms with Crippen molar-refractivity contribution >= 4 is 50.2 Å². The predicted octanol–water partition coefficient (Wildman–Crippen LogP) is 6.36. The maximum atomic E-state index is 12.9. The minimum atomic E-state index is 0.147. The molecule has 0 aliphatic carbocycles. The Morgan fingerprint density at radius 1 is 1.19 bits per heavy atom. The molecular formula is C24H30N4OS2. The molecule has 1 fully saturated rings. The van der Waals surface area contributed by atoms with Gasteiger partial charge in [0.1, 0.15) is 0 Å². The van der Waals surface area contributed by atoms with E-state index < -0.39 is 0 Å². The first-order chi connectivity index (χ1) is 15.0. The Morgan fingerprint density at radius 3 is 2.61 bits per heavy atom. The van der Waals surface area contributed by atoms with Gasteiger partial charge in [0.15, 0.2) is 5.13 Å². The van der Waals surface area contributed by atoms with Gasteiger partial charge in [0, 0.05) is 31.4 Å². The summed E-state index contributed by atoms with van der Waals surface area (Å²) in [5.41, 5.74) is 2.73. The van der Waals surface area contributed by atoms with E-state index in [2.05, 4.69) is 47.1 Å². The summed E-state index contributed by atoms with van der Waals surface area (Å²) in [6, 6.07) is 14.0. The van der Waals surface area contributed by atoms with Crippen LogP contribution in [0.2, 0.25) is 0 Å². The fraction of sp³-hybridized carbons (Fsp3) is 0.417. The first kappa shape index (κ1) is 22.0. The van der Waals surface area contributed by atoms with Gasteiger partial charge in [-0.05, 0) is 79.4 Å². The lowest BCUT2D eigenvalue weighted by molar-refractivity contribution is 0.0681. The molecule has 0 saturated carbocycles. The summed E-state index contributed by atoms with van der Waals surface area (Å²) in [7, 11) is 1.89. The zero-order chi connectivity index (χ0) is 21.8. The molecule has 1 saturated heterocycles. The van der Waals surface area contributed by atoms with Crippen molar-refractivity contribution in [2.45, 2.75) is 38.0 Å². The van der Waals surface area contributed by atoms with E-state index in [0.29, 0.717) is 0 Å². The number of thiazole rings is 1. The molecule has 164 valence electrons. The molecule has 0 spiro atoms. The van der Waals surface area contributed by atoms with Gasteiger partial charge in [-0.3, -0.25) is 4.79 Å². The van der Waals surface area contributed by atoms with Gasteiger partial charge in [0.2, 0.25) is 0 Å². The molecule has 7 heteroatoms. The van der Waals surface area contributed by atoms with E-state index in [0.717, 1.165) is 69.3 Å². The van der Waals surface area contributed by atoms with E-state index >= 15 is 0 Å². The summed E-state index contributed by atoms with van der Waals surface area (Å²) in [5.74, 6) is 1.64. The van der Waals surface area contributed by atoms with Gasteiger partial charge in [0.25, 0.3) is 5.91 Å². The van der Waals surface area contributed by atoms with E-state index in [-0.39, 0.29) is 5.91 Å². The summed E-state index contributed by atoms with van der Waals surface area (Å²) in [6.45, 7) is 6.31. The van der Waals surface area contributed by atoms with Crippen molar-refractivity contribution in [3.8, 4) is 0 Å². The highest BCUT2D eigenvalue weighted by atomic mass is 32.2. The van der Waals surface area contributed by atoms with Crippen LogP contribution in [-0.4, -0.2) is 35.9 Å². The summed E-state index contributed by atoms with van der Waals surface area (Å²) >= 11 is 3.19. The lowest BCUT2D eigenvalue weighted by Gasteiger charge is -2.32. The molecule has 5 nitrogen and oxygen atoms in total. The summed E-state index contributed by atoms with van der Waals surface area (Å²) in [4.78, 5) is 20.6. The molecule has 31 heavy (non-hydrogen) atoms. The van der Waals surface area contributed by atoms with E-state index in [1.807, 2.05) is 36.2 Å². The molecule has 0 radical (unpaired) electrons. The average Bonchev–Trinajstić information content (AvgIpc) is 3.22. The van der Waals surface area contributed by atoms with Crippen molar-refractivity contribution in [2.24, 2.45) is 11.8 Å². The highest BCUT2D eigenvalue weighted by Crippen LogP contribution is 2.33. The van der Waals surface area contributed by atoms with Crippen LogP contribution in [0.3, 0.4) is 0 Å². The molecule has 1 aliphatic heterocycles. The molecule has 2 aromatic carbocycles. The largest absolute Gasteiger partial charge is 0.365 e. The first-order valence-electron chi connectivity index (χ1n) is 10.9. The fourth-order valence-electron chi connectivity index (χ4n) is 4.13. The van der Waals surface area contributed by atoms with E-state index in [9.17, 15) is 4.79 Å². The molecule has 1 aromatic heterocycles. The van der Waals surface area contributed by atoms with Crippen molar-refractivity contribution in [2.75, 3.05) is 30.2 Å². The maximum Gasteiger partial charge on any atom is 0.253 e. The molecule has 0 bridgehead atoms. The van der Waals surface area contributed by atoms with E-state index in [1.54, 1.807) is 23.3 Å². The quantitative estimate of drug-likeness (QED) is 0.407. The van der Waals surface area contributed by atoms with Crippen LogP contribution < -0.4 is 10.0 Å². The number of nitrogens with one attached hydrogen (secondary N) is 2. The van der Waals surface area contributed by atoms with Gasteiger partial charge >= 0.3 is 0 Å². The van der Waals surface area contributed by atoms with Crippen LogP contribution in [-0.2, 0) is 0 Å². The third-order valence-electron chi connectivity index (χ3n) is 5.71. The summed E-state index contributed by atoms with van der Waals surface area (Å²) in [6.07, 6.45) is 3.51. The number of amides is 1. The van der Waals surface area contributed by atoms with Crippen LogP contribution in [0, 0.1) is 11.8 Å². The van der Waals surface area contributed by atoms with Gasteiger partial charge < -0.3 is 14.9 Å². The zero-order valence-electron chi connectivity index (χ0n) is 18.4. The monoisotopic (exact) mass is 454 g/mol. The third-order valence-corrected chi connectivity index (χ3v) is 7.64. The van der Waals surface area contributed by atoms with Crippen LogP contribution >= 0.6 is 23.3 Å². The molecular weight excluding hydrogens is 424 g/mol. The second-order valence-electron chi connectivity index (χ2n) is 8.52. The Balaban J connectivity index is 1.35. The van der Waals surface area contributed by atoms with Crippen molar-refractivity contribution in [1.82, 2.24) is 9.88 Å². The number of fused-ring (bicyclic) bond motifs is 1. The Kier molecular flexibility index (Phi) is 7.02. The SMILES string of the molecule is CNc1nc2c(SNc3ccc(C(=O)N4CCC(CC(C)C)CC4)cc3)cccc2s1. The van der Waals surface area contributed by atoms with Gasteiger partial charge in [-0.2, -0.15) is 0 Å². The molecule has 1 aliphatic rings. The number of nitrogens with zero attached hydrogens (tertiary/aromatic N) is 2. The molecule has 2 heterocycles. The number of piperidine rings is 1. The Labute approximate surface area is 192 Å². The van der Waals surface area contributed by atoms with Crippen molar-refractivity contribution in [1.29, 1.82) is 0 Å². The number of likely N-dealkylation sites (tertiary alicyclic amines) is 1. The summed E-state index contributed by atoms with van der Waals surface area (Å²) < 4.78 is 4.55. The smallest absolute Gasteiger partial charge is 0.253 e. The Morgan fingerprint density at radius 2 is 1.94 bits per heavy atom.